The molecule has 0 aromatic carbocycles. The minimum atomic E-state index is -1.19. The number of anilines is 1. The number of piperidine rings is 1. The SMILES string of the molecule is CC(C)(C)OC(=O)N1CC[C@H](Nc2cncc(-n3cccn3)c2)[C@H](F)C1. The number of pyridine rings is 1. The summed E-state index contributed by atoms with van der Waals surface area (Å²) in [6.45, 7) is 5.85. The van der Waals surface area contributed by atoms with Crippen molar-refractivity contribution in [3.05, 3.63) is 36.9 Å². The fourth-order valence-corrected chi connectivity index (χ4v) is 2.83. The molecule has 1 amide bonds. The van der Waals surface area contributed by atoms with Crippen LogP contribution in [0.4, 0.5) is 14.9 Å². The van der Waals surface area contributed by atoms with E-state index in [9.17, 15) is 9.18 Å². The van der Waals surface area contributed by atoms with Gasteiger partial charge < -0.3 is 15.0 Å². The summed E-state index contributed by atoms with van der Waals surface area (Å²) in [7, 11) is 0. The van der Waals surface area contributed by atoms with Gasteiger partial charge in [-0.15, -0.1) is 0 Å². The number of likely N-dealkylation sites (tertiary alicyclic amines) is 1. The Balaban J connectivity index is 1.60. The van der Waals surface area contributed by atoms with Crippen molar-refractivity contribution < 1.29 is 13.9 Å². The normalized spacial score (nSPS) is 20.7. The summed E-state index contributed by atoms with van der Waals surface area (Å²) >= 11 is 0. The zero-order chi connectivity index (χ0) is 18.7. The Bertz CT molecular complexity index is 744. The van der Waals surface area contributed by atoms with Crippen LogP contribution in [-0.4, -0.2) is 56.7 Å². The first-order chi connectivity index (χ1) is 12.3. The van der Waals surface area contributed by atoms with Crippen molar-refractivity contribution in [2.75, 3.05) is 18.4 Å². The second-order valence-corrected chi connectivity index (χ2v) is 7.36. The van der Waals surface area contributed by atoms with Crippen LogP contribution in [0.1, 0.15) is 27.2 Å². The van der Waals surface area contributed by atoms with Crippen LogP contribution in [0.3, 0.4) is 0 Å². The molecule has 3 rings (SSSR count). The summed E-state index contributed by atoms with van der Waals surface area (Å²) in [4.78, 5) is 17.7. The van der Waals surface area contributed by atoms with Gasteiger partial charge in [-0.25, -0.2) is 13.9 Å². The largest absolute Gasteiger partial charge is 0.444 e. The zero-order valence-corrected chi connectivity index (χ0v) is 15.2. The number of hydrogen-bond donors (Lipinski definition) is 1. The number of nitrogens with one attached hydrogen (secondary N) is 1. The van der Waals surface area contributed by atoms with Crippen molar-refractivity contribution in [2.45, 2.75) is 45.0 Å². The third-order valence-corrected chi connectivity index (χ3v) is 4.04. The highest BCUT2D eigenvalue weighted by Crippen LogP contribution is 2.22. The van der Waals surface area contributed by atoms with E-state index in [-0.39, 0.29) is 12.6 Å². The molecule has 1 fully saturated rings. The van der Waals surface area contributed by atoms with Crippen molar-refractivity contribution in [1.29, 1.82) is 0 Å². The number of rotatable bonds is 3. The van der Waals surface area contributed by atoms with Gasteiger partial charge in [0.1, 0.15) is 11.8 Å². The molecular weight excluding hydrogens is 337 g/mol. The molecule has 1 saturated heterocycles. The van der Waals surface area contributed by atoms with Crippen molar-refractivity contribution in [1.82, 2.24) is 19.7 Å². The molecule has 0 bridgehead atoms. The number of halogens is 1. The van der Waals surface area contributed by atoms with Crippen LogP contribution >= 0.6 is 0 Å². The van der Waals surface area contributed by atoms with Gasteiger partial charge in [-0.1, -0.05) is 0 Å². The third-order valence-electron chi connectivity index (χ3n) is 4.04. The first-order valence-electron chi connectivity index (χ1n) is 8.65. The maximum Gasteiger partial charge on any atom is 0.410 e. The van der Waals surface area contributed by atoms with Gasteiger partial charge in [0.05, 0.1) is 36.4 Å². The summed E-state index contributed by atoms with van der Waals surface area (Å²) in [6.07, 6.45) is 5.68. The zero-order valence-electron chi connectivity index (χ0n) is 15.2. The average Bonchev–Trinajstić information content (AvgIpc) is 3.10. The van der Waals surface area contributed by atoms with Crippen LogP contribution in [-0.2, 0) is 4.74 Å². The highest BCUT2D eigenvalue weighted by molar-refractivity contribution is 5.68. The smallest absolute Gasteiger partial charge is 0.410 e. The number of aromatic nitrogens is 3. The van der Waals surface area contributed by atoms with Gasteiger partial charge in [-0.05, 0) is 39.3 Å². The number of amides is 1. The van der Waals surface area contributed by atoms with Gasteiger partial charge in [0, 0.05) is 18.9 Å². The van der Waals surface area contributed by atoms with E-state index in [1.807, 2.05) is 18.3 Å². The molecular formula is C18H24FN5O2. The molecule has 0 radical (unpaired) electrons. The Morgan fingerprint density at radius 1 is 1.38 bits per heavy atom. The van der Waals surface area contributed by atoms with Crippen molar-refractivity contribution in [3.63, 3.8) is 0 Å². The number of alkyl halides is 1. The Hall–Kier alpha value is -2.64. The predicted octanol–water partition coefficient (Wildman–Crippen LogP) is 3.03. The molecule has 2 atom stereocenters. The molecule has 3 heterocycles. The summed E-state index contributed by atoms with van der Waals surface area (Å²) in [5.74, 6) is 0. The molecule has 1 N–H and O–H groups in total. The summed E-state index contributed by atoms with van der Waals surface area (Å²) in [6, 6.07) is 3.31. The second-order valence-electron chi connectivity index (χ2n) is 7.36. The van der Waals surface area contributed by atoms with E-state index in [1.165, 1.54) is 4.90 Å². The van der Waals surface area contributed by atoms with E-state index in [2.05, 4.69) is 15.4 Å². The molecule has 140 valence electrons. The second kappa shape index (κ2) is 7.31. The number of nitrogens with zero attached hydrogens (tertiary/aromatic N) is 4. The lowest BCUT2D eigenvalue weighted by Gasteiger charge is -2.36. The Kier molecular flexibility index (Phi) is 5.11. The first kappa shape index (κ1) is 18.2. The van der Waals surface area contributed by atoms with Gasteiger partial charge in [0.25, 0.3) is 0 Å². The van der Waals surface area contributed by atoms with Crippen molar-refractivity contribution >= 4 is 11.8 Å². The lowest BCUT2D eigenvalue weighted by molar-refractivity contribution is 0.0125. The highest BCUT2D eigenvalue weighted by atomic mass is 19.1. The molecule has 8 heteroatoms. The van der Waals surface area contributed by atoms with E-state index in [0.29, 0.717) is 13.0 Å². The summed E-state index contributed by atoms with van der Waals surface area (Å²) in [5, 5.41) is 7.35. The fourth-order valence-electron chi connectivity index (χ4n) is 2.83. The molecule has 1 aliphatic heterocycles. The minimum absolute atomic E-state index is 0.0128. The number of carbonyl (C=O) groups excluding carboxylic acids is 1. The lowest BCUT2D eigenvalue weighted by Crippen LogP contribution is -2.51. The van der Waals surface area contributed by atoms with Crippen LogP contribution in [0.25, 0.3) is 5.69 Å². The quantitative estimate of drug-likeness (QED) is 0.910. The topological polar surface area (TPSA) is 72.3 Å². The summed E-state index contributed by atoms with van der Waals surface area (Å²) < 4.78 is 21.6. The van der Waals surface area contributed by atoms with E-state index in [1.54, 1.807) is 44.0 Å². The molecule has 1 aliphatic rings. The van der Waals surface area contributed by atoms with Gasteiger partial charge in [0.2, 0.25) is 0 Å². The van der Waals surface area contributed by atoms with Crippen LogP contribution < -0.4 is 5.32 Å². The standard InChI is InChI=1S/C18H24FN5O2/c1-18(2,3)26-17(25)23-8-5-16(15(19)12-23)22-13-9-14(11-20-10-13)24-7-4-6-21-24/h4,6-7,9-11,15-16,22H,5,8,12H2,1-3H3/t15-,16+/m1/s1. The summed E-state index contributed by atoms with van der Waals surface area (Å²) in [5.41, 5.74) is 0.925. The van der Waals surface area contributed by atoms with Crippen LogP contribution in [0, 0.1) is 0 Å². The molecule has 0 unspecified atom stereocenters. The Morgan fingerprint density at radius 3 is 2.85 bits per heavy atom. The van der Waals surface area contributed by atoms with Crippen LogP contribution in [0.15, 0.2) is 36.9 Å². The lowest BCUT2D eigenvalue weighted by atomic mass is 10.0. The molecule has 26 heavy (non-hydrogen) atoms. The van der Waals surface area contributed by atoms with Gasteiger partial charge in [0.15, 0.2) is 0 Å². The highest BCUT2D eigenvalue weighted by Gasteiger charge is 2.33. The number of hydrogen-bond acceptors (Lipinski definition) is 5. The van der Waals surface area contributed by atoms with Crippen LogP contribution in [0.5, 0.6) is 0 Å². The Morgan fingerprint density at radius 2 is 2.19 bits per heavy atom. The van der Waals surface area contributed by atoms with E-state index in [4.69, 9.17) is 4.74 Å². The molecule has 2 aromatic heterocycles. The number of ether oxygens (including phenoxy) is 1. The van der Waals surface area contributed by atoms with Crippen LogP contribution in [0.2, 0.25) is 0 Å². The molecule has 7 nitrogen and oxygen atoms in total. The monoisotopic (exact) mass is 361 g/mol. The van der Waals surface area contributed by atoms with Crippen molar-refractivity contribution in [3.8, 4) is 5.69 Å². The van der Waals surface area contributed by atoms with Crippen molar-refractivity contribution in [2.24, 2.45) is 0 Å². The molecule has 0 spiro atoms. The average molecular weight is 361 g/mol. The molecule has 0 saturated carbocycles. The Labute approximate surface area is 152 Å². The van der Waals surface area contributed by atoms with Gasteiger partial charge >= 0.3 is 6.09 Å². The predicted molar refractivity (Wildman–Crippen MR) is 96.1 cm³/mol. The first-order valence-corrected chi connectivity index (χ1v) is 8.65. The van der Waals surface area contributed by atoms with Gasteiger partial charge in [-0.3, -0.25) is 4.98 Å². The number of carbonyl (C=O) groups is 1. The maximum absolute atomic E-state index is 14.6. The minimum Gasteiger partial charge on any atom is -0.444 e. The molecule has 2 aromatic rings. The van der Waals surface area contributed by atoms with E-state index < -0.39 is 17.9 Å². The third kappa shape index (κ3) is 4.50. The van der Waals surface area contributed by atoms with E-state index in [0.717, 1.165) is 11.4 Å². The van der Waals surface area contributed by atoms with E-state index >= 15 is 0 Å². The van der Waals surface area contributed by atoms with Gasteiger partial charge in [-0.2, -0.15) is 5.10 Å². The molecule has 0 aliphatic carbocycles. The maximum atomic E-state index is 14.6. The fraction of sp³-hybridized carbons (Fsp3) is 0.500.